The molecule has 17 heavy (non-hydrogen) atoms. The van der Waals surface area contributed by atoms with Gasteiger partial charge >= 0.3 is 5.69 Å². The first-order chi connectivity index (χ1) is 8.02. The second-order valence-corrected chi connectivity index (χ2v) is 5.17. The van der Waals surface area contributed by atoms with Crippen LogP contribution in [-0.2, 0) is 4.74 Å². The second-order valence-electron chi connectivity index (χ2n) is 4.00. The van der Waals surface area contributed by atoms with E-state index in [-0.39, 0.29) is 11.9 Å². The third-order valence-corrected chi connectivity index (χ3v) is 3.68. The Bertz CT molecular complexity index is 476. The molecule has 7 heteroatoms. The number of hydrogen-bond donors (Lipinski definition) is 2. The molecule has 0 saturated carbocycles. The van der Waals surface area contributed by atoms with Crippen LogP contribution in [0.15, 0.2) is 11.0 Å². The van der Waals surface area contributed by atoms with E-state index in [0.29, 0.717) is 16.4 Å². The molecule has 3 unspecified atom stereocenters. The molecule has 6 nitrogen and oxygen atoms in total. The van der Waals surface area contributed by atoms with Crippen molar-refractivity contribution in [2.24, 2.45) is 0 Å². The van der Waals surface area contributed by atoms with Crippen LogP contribution in [0.4, 0.5) is 5.82 Å². The molecule has 0 aliphatic carbocycles. The minimum absolute atomic E-state index is 0.220. The summed E-state index contributed by atoms with van der Waals surface area (Å²) in [7, 11) is 0. The minimum Gasteiger partial charge on any atom is -0.390 e. The molecule has 3 N–H and O–H groups in total. The molecular formula is C10H14IN3O3. The normalized spacial score (nSPS) is 28.5. The van der Waals surface area contributed by atoms with Crippen molar-refractivity contribution in [2.75, 3.05) is 5.73 Å². The van der Waals surface area contributed by atoms with Gasteiger partial charge in [-0.05, 0) is 29.0 Å². The highest BCUT2D eigenvalue weighted by molar-refractivity contribution is 14.1. The SMILES string of the molecule is CCC1OC(n2cc(I)c(N)nc2=O)CC1O. The fraction of sp³-hybridized carbons (Fsp3) is 0.600. The monoisotopic (exact) mass is 351 g/mol. The number of halogens is 1. The first-order valence-corrected chi connectivity index (χ1v) is 6.48. The number of nitrogens with two attached hydrogens (primary N) is 1. The molecule has 94 valence electrons. The Hall–Kier alpha value is -0.670. The van der Waals surface area contributed by atoms with Crippen LogP contribution in [0.5, 0.6) is 0 Å². The van der Waals surface area contributed by atoms with E-state index >= 15 is 0 Å². The first-order valence-electron chi connectivity index (χ1n) is 5.40. The zero-order valence-corrected chi connectivity index (χ0v) is 11.5. The highest BCUT2D eigenvalue weighted by Crippen LogP contribution is 2.29. The molecule has 0 spiro atoms. The van der Waals surface area contributed by atoms with Crippen molar-refractivity contribution in [3.63, 3.8) is 0 Å². The van der Waals surface area contributed by atoms with Gasteiger partial charge in [-0.2, -0.15) is 4.98 Å². The van der Waals surface area contributed by atoms with Crippen LogP contribution >= 0.6 is 22.6 Å². The number of aromatic nitrogens is 2. The summed E-state index contributed by atoms with van der Waals surface area (Å²) in [4.78, 5) is 15.4. The highest BCUT2D eigenvalue weighted by atomic mass is 127. The van der Waals surface area contributed by atoms with Gasteiger partial charge in [-0.1, -0.05) is 6.92 Å². The van der Waals surface area contributed by atoms with Crippen molar-refractivity contribution in [3.05, 3.63) is 20.3 Å². The summed E-state index contributed by atoms with van der Waals surface area (Å²) in [5.41, 5.74) is 5.10. The smallest absolute Gasteiger partial charge is 0.351 e. The standard InChI is InChI=1S/C10H14IN3O3/c1-2-7-6(15)3-8(17-7)14-4-5(11)9(12)13-10(14)16/h4,6-8,15H,2-3H2,1H3,(H2,12,13,16). The molecule has 0 amide bonds. The average Bonchev–Trinajstić information content (AvgIpc) is 2.65. The molecule has 1 aliphatic rings. The summed E-state index contributed by atoms with van der Waals surface area (Å²) < 4.78 is 7.69. The van der Waals surface area contributed by atoms with E-state index in [2.05, 4.69) is 4.98 Å². The molecule has 2 heterocycles. The summed E-state index contributed by atoms with van der Waals surface area (Å²) in [5, 5.41) is 9.75. The molecule has 1 aliphatic heterocycles. The van der Waals surface area contributed by atoms with Crippen LogP contribution in [0.2, 0.25) is 0 Å². The fourth-order valence-corrected chi connectivity index (χ4v) is 2.34. The van der Waals surface area contributed by atoms with Crippen LogP contribution in [0, 0.1) is 3.57 Å². The van der Waals surface area contributed by atoms with E-state index in [1.165, 1.54) is 4.57 Å². The van der Waals surface area contributed by atoms with Crippen LogP contribution in [0.25, 0.3) is 0 Å². The van der Waals surface area contributed by atoms with E-state index in [1.807, 2.05) is 29.5 Å². The minimum atomic E-state index is -0.535. The third-order valence-electron chi connectivity index (χ3n) is 2.85. The molecule has 0 radical (unpaired) electrons. The number of ether oxygens (including phenoxy) is 1. The van der Waals surface area contributed by atoms with E-state index in [1.54, 1.807) is 6.20 Å². The quantitative estimate of drug-likeness (QED) is 0.757. The molecule has 3 atom stereocenters. The Morgan fingerprint density at radius 1 is 1.76 bits per heavy atom. The lowest BCUT2D eigenvalue weighted by molar-refractivity contribution is -0.0217. The number of anilines is 1. The molecule has 0 bridgehead atoms. The number of nitrogens with zero attached hydrogens (tertiary/aromatic N) is 2. The Morgan fingerprint density at radius 2 is 2.47 bits per heavy atom. The van der Waals surface area contributed by atoms with Gasteiger partial charge in [-0.25, -0.2) is 4.79 Å². The molecule has 2 rings (SSSR count). The molecule has 1 fully saturated rings. The summed E-state index contributed by atoms with van der Waals surface area (Å²) in [5.74, 6) is 0.220. The lowest BCUT2D eigenvalue weighted by Gasteiger charge is -2.15. The van der Waals surface area contributed by atoms with Gasteiger partial charge < -0.3 is 15.6 Å². The van der Waals surface area contributed by atoms with Crippen molar-refractivity contribution < 1.29 is 9.84 Å². The zero-order valence-electron chi connectivity index (χ0n) is 9.34. The largest absolute Gasteiger partial charge is 0.390 e. The van der Waals surface area contributed by atoms with Gasteiger partial charge in [-0.3, -0.25) is 4.57 Å². The van der Waals surface area contributed by atoms with Gasteiger partial charge in [-0.15, -0.1) is 0 Å². The third kappa shape index (κ3) is 2.45. The summed E-state index contributed by atoms with van der Waals surface area (Å²) >= 11 is 2.01. The lowest BCUT2D eigenvalue weighted by atomic mass is 10.1. The Morgan fingerprint density at radius 3 is 3.06 bits per heavy atom. The molecule has 1 aromatic heterocycles. The van der Waals surface area contributed by atoms with Crippen molar-refractivity contribution in [1.29, 1.82) is 0 Å². The van der Waals surface area contributed by atoms with Crippen molar-refractivity contribution in [1.82, 2.24) is 9.55 Å². The van der Waals surface area contributed by atoms with Crippen LogP contribution in [0.3, 0.4) is 0 Å². The predicted octanol–water partition coefficient (Wildman–Crippen LogP) is 0.488. The van der Waals surface area contributed by atoms with E-state index in [4.69, 9.17) is 10.5 Å². The van der Waals surface area contributed by atoms with Gasteiger partial charge in [0.2, 0.25) is 0 Å². The van der Waals surface area contributed by atoms with E-state index < -0.39 is 18.0 Å². The molecule has 1 saturated heterocycles. The van der Waals surface area contributed by atoms with Crippen molar-refractivity contribution >= 4 is 28.4 Å². The number of nitrogen functional groups attached to an aromatic ring is 1. The molecular weight excluding hydrogens is 337 g/mol. The van der Waals surface area contributed by atoms with Gasteiger partial charge in [0.25, 0.3) is 0 Å². The van der Waals surface area contributed by atoms with Crippen LogP contribution in [-0.4, -0.2) is 26.9 Å². The van der Waals surface area contributed by atoms with Crippen molar-refractivity contribution in [2.45, 2.75) is 38.2 Å². The highest BCUT2D eigenvalue weighted by Gasteiger charge is 2.34. The Balaban J connectivity index is 2.30. The maximum atomic E-state index is 11.7. The predicted molar refractivity (Wildman–Crippen MR) is 70.5 cm³/mol. The lowest BCUT2D eigenvalue weighted by Crippen LogP contribution is -2.28. The summed E-state index contributed by atoms with van der Waals surface area (Å²) in [6.07, 6.45) is 1.52. The average molecular weight is 351 g/mol. The Kier molecular flexibility index (Phi) is 3.69. The number of rotatable bonds is 2. The maximum absolute atomic E-state index is 11.7. The van der Waals surface area contributed by atoms with E-state index in [0.717, 1.165) is 0 Å². The van der Waals surface area contributed by atoms with Gasteiger partial charge in [0, 0.05) is 12.6 Å². The van der Waals surface area contributed by atoms with Gasteiger partial charge in [0.1, 0.15) is 12.0 Å². The number of aliphatic hydroxyl groups is 1. The first kappa shape index (κ1) is 12.8. The number of aliphatic hydroxyl groups excluding tert-OH is 1. The van der Waals surface area contributed by atoms with Crippen LogP contribution < -0.4 is 11.4 Å². The molecule has 0 aromatic carbocycles. The van der Waals surface area contributed by atoms with Crippen molar-refractivity contribution in [3.8, 4) is 0 Å². The zero-order chi connectivity index (χ0) is 12.6. The second kappa shape index (κ2) is 4.91. The van der Waals surface area contributed by atoms with E-state index in [9.17, 15) is 9.90 Å². The Labute approximate surface area is 112 Å². The van der Waals surface area contributed by atoms with Crippen LogP contribution in [0.1, 0.15) is 26.0 Å². The van der Waals surface area contributed by atoms with Gasteiger partial charge in [0.15, 0.2) is 0 Å². The van der Waals surface area contributed by atoms with Gasteiger partial charge in [0.05, 0.1) is 15.8 Å². The molecule has 1 aromatic rings. The maximum Gasteiger partial charge on any atom is 0.351 e. The number of hydrogen-bond acceptors (Lipinski definition) is 5. The summed E-state index contributed by atoms with van der Waals surface area (Å²) in [6.45, 7) is 1.93. The summed E-state index contributed by atoms with van der Waals surface area (Å²) in [6, 6.07) is 0. The topological polar surface area (TPSA) is 90.4 Å². The fourth-order valence-electron chi connectivity index (χ4n) is 1.92.